The van der Waals surface area contributed by atoms with Gasteiger partial charge in [0.25, 0.3) is 0 Å². The van der Waals surface area contributed by atoms with Gasteiger partial charge in [-0.3, -0.25) is 4.68 Å². The predicted molar refractivity (Wildman–Crippen MR) is 211 cm³/mol. The molecule has 0 unspecified atom stereocenters. The zero-order valence-corrected chi connectivity index (χ0v) is 34.0. The summed E-state index contributed by atoms with van der Waals surface area (Å²) >= 11 is 0. The molecule has 6 heteroatoms. The van der Waals surface area contributed by atoms with Crippen LogP contribution in [0.3, 0.4) is 0 Å². The van der Waals surface area contributed by atoms with Crippen LogP contribution in [0.15, 0.2) is 85.1 Å². The van der Waals surface area contributed by atoms with Crippen molar-refractivity contribution in [2.75, 3.05) is 0 Å². The van der Waals surface area contributed by atoms with E-state index in [2.05, 4.69) is 156 Å². The molecule has 7 rings (SSSR count). The average Bonchev–Trinajstić information content (AvgIpc) is 3.57. The number of nitrogens with zero attached hydrogens (tertiary/aromatic N) is 4. The molecule has 52 heavy (non-hydrogen) atoms. The van der Waals surface area contributed by atoms with Crippen LogP contribution in [0.1, 0.15) is 81.1 Å². The molecule has 0 bridgehead atoms. The van der Waals surface area contributed by atoms with Crippen molar-refractivity contribution in [3.8, 4) is 34.1 Å². The summed E-state index contributed by atoms with van der Waals surface area (Å²) in [6.07, 6.45) is 3.80. The van der Waals surface area contributed by atoms with Crippen molar-refractivity contribution in [1.82, 2.24) is 19.3 Å². The van der Waals surface area contributed by atoms with Gasteiger partial charge in [0, 0.05) is 28.8 Å². The molecular formula is C46H48N4OPt. The van der Waals surface area contributed by atoms with Gasteiger partial charge in [-0.15, -0.1) is 41.3 Å². The van der Waals surface area contributed by atoms with E-state index in [0.717, 1.165) is 57.4 Å². The van der Waals surface area contributed by atoms with Gasteiger partial charge in [0.2, 0.25) is 0 Å². The molecule has 0 atom stereocenters. The number of hydrogen-bond acceptors (Lipinski definition) is 3. The van der Waals surface area contributed by atoms with Gasteiger partial charge >= 0.3 is 21.1 Å². The minimum Gasteiger partial charge on any atom is -0.509 e. The average molecular weight is 868 g/mol. The van der Waals surface area contributed by atoms with E-state index in [0.29, 0.717) is 23.3 Å². The molecule has 0 aliphatic carbocycles. The summed E-state index contributed by atoms with van der Waals surface area (Å²) in [5.74, 6) is 3.43. The molecule has 5 nitrogen and oxygen atoms in total. The van der Waals surface area contributed by atoms with Crippen LogP contribution < -0.4 is 4.74 Å². The summed E-state index contributed by atoms with van der Waals surface area (Å²) in [6, 6.07) is 35.1. The van der Waals surface area contributed by atoms with E-state index in [1.807, 2.05) is 12.3 Å². The SMILES string of the molecule is Cc1cccc(C)c1-c1c(C)nn(-c2[c-]c(Oc3[c-]c4c(cc3)c3ccccc3n4-c3cc(CC(C)C)ccn3)cc(C(C)C)c2)c1CC(C)C.[Pt+2]. The third-order valence-corrected chi connectivity index (χ3v) is 9.70. The van der Waals surface area contributed by atoms with Gasteiger partial charge in [0.15, 0.2) is 0 Å². The fraction of sp³-hybridized carbons (Fsp3) is 0.304. The second-order valence-electron chi connectivity index (χ2n) is 15.2. The van der Waals surface area contributed by atoms with Crippen LogP contribution in [0.4, 0.5) is 0 Å². The van der Waals surface area contributed by atoms with Crippen molar-refractivity contribution in [2.45, 2.75) is 81.1 Å². The van der Waals surface area contributed by atoms with Crippen LogP contribution in [0.2, 0.25) is 0 Å². The molecule has 0 aliphatic rings. The monoisotopic (exact) mass is 867 g/mol. The maximum absolute atomic E-state index is 6.70. The van der Waals surface area contributed by atoms with Crippen LogP contribution in [-0.2, 0) is 33.9 Å². The van der Waals surface area contributed by atoms with Crippen LogP contribution in [0.5, 0.6) is 11.5 Å². The maximum atomic E-state index is 6.70. The standard InChI is InChI=1S/C46H48N4O.Pt/c1-28(2)21-34-19-20-47-44(23-34)49-41-16-11-10-15-39(41)40-18-17-37(27-42(40)49)51-38-25-35(30(5)6)24-36(26-38)50-43(22-29(3)4)46(33(9)48-50)45-31(7)13-12-14-32(45)8;/h10-20,23-25,28-30H,21-22H2,1-9H3;/q-2;+2. The van der Waals surface area contributed by atoms with Crippen molar-refractivity contribution in [3.05, 3.63) is 131 Å². The smallest absolute Gasteiger partial charge is 0.509 e. The molecule has 0 aliphatic heterocycles. The molecule has 0 saturated carbocycles. The molecular weight excluding hydrogens is 820 g/mol. The number of hydrogen-bond donors (Lipinski definition) is 0. The Kier molecular flexibility index (Phi) is 10.9. The summed E-state index contributed by atoms with van der Waals surface area (Å²) in [7, 11) is 0. The van der Waals surface area contributed by atoms with Crippen molar-refractivity contribution in [1.29, 1.82) is 0 Å². The van der Waals surface area contributed by atoms with E-state index in [-0.39, 0.29) is 27.0 Å². The van der Waals surface area contributed by atoms with Crippen LogP contribution in [0.25, 0.3) is 44.4 Å². The third-order valence-electron chi connectivity index (χ3n) is 9.70. The summed E-state index contributed by atoms with van der Waals surface area (Å²) in [4.78, 5) is 4.84. The molecule has 0 amide bonds. The number of benzene rings is 4. The number of aromatic nitrogens is 4. The summed E-state index contributed by atoms with van der Waals surface area (Å²) in [6.45, 7) is 20.0. The fourth-order valence-corrected chi connectivity index (χ4v) is 7.41. The molecule has 0 fully saturated rings. The van der Waals surface area contributed by atoms with E-state index >= 15 is 0 Å². The normalized spacial score (nSPS) is 11.7. The zero-order chi connectivity index (χ0) is 36.0. The van der Waals surface area contributed by atoms with Gasteiger partial charge in [-0.25, -0.2) is 4.98 Å². The van der Waals surface area contributed by atoms with Gasteiger partial charge < -0.3 is 9.30 Å². The van der Waals surface area contributed by atoms with E-state index in [9.17, 15) is 0 Å². The van der Waals surface area contributed by atoms with Gasteiger partial charge in [-0.2, -0.15) is 11.2 Å². The third kappa shape index (κ3) is 7.26. The molecule has 3 heterocycles. The van der Waals surface area contributed by atoms with Gasteiger partial charge in [0.1, 0.15) is 5.82 Å². The molecule has 4 aromatic carbocycles. The van der Waals surface area contributed by atoms with Crippen LogP contribution in [0, 0.1) is 44.7 Å². The number of pyridine rings is 1. The number of para-hydroxylation sites is 1. The van der Waals surface area contributed by atoms with E-state index in [1.165, 1.54) is 33.5 Å². The minimum absolute atomic E-state index is 0. The number of ether oxygens (including phenoxy) is 1. The van der Waals surface area contributed by atoms with Crippen molar-refractivity contribution >= 4 is 21.8 Å². The van der Waals surface area contributed by atoms with Gasteiger partial charge in [0.05, 0.1) is 11.4 Å². The summed E-state index contributed by atoms with van der Waals surface area (Å²) < 4.78 is 11.0. The van der Waals surface area contributed by atoms with E-state index in [1.54, 1.807) is 0 Å². The summed E-state index contributed by atoms with van der Waals surface area (Å²) in [5.41, 5.74) is 12.6. The largest absolute Gasteiger partial charge is 2.00 e. The summed E-state index contributed by atoms with van der Waals surface area (Å²) in [5, 5.41) is 7.46. The van der Waals surface area contributed by atoms with E-state index < -0.39 is 0 Å². The Labute approximate surface area is 323 Å². The first-order valence-corrected chi connectivity index (χ1v) is 18.3. The Balaban J connectivity index is 0.00000464. The van der Waals surface area contributed by atoms with Crippen molar-refractivity contribution < 1.29 is 25.8 Å². The zero-order valence-electron chi connectivity index (χ0n) is 31.7. The molecule has 7 aromatic rings. The van der Waals surface area contributed by atoms with Gasteiger partial charge in [-0.1, -0.05) is 83.5 Å². The first kappa shape index (κ1) is 37.3. The van der Waals surface area contributed by atoms with Crippen molar-refractivity contribution in [3.63, 3.8) is 0 Å². The molecule has 0 radical (unpaired) electrons. The molecule has 0 spiro atoms. The first-order valence-electron chi connectivity index (χ1n) is 18.3. The Morgan fingerprint density at radius 2 is 1.44 bits per heavy atom. The number of fused-ring (bicyclic) bond motifs is 3. The predicted octanol–water partition coefficient (Wildman–Crippen LogP) is 11.9. The minimum atomic E-state index is 0. The van der Waals surface area contributed by atoms with E-state index in [4.69, 9.17) is 14.8 Å². The second-order valence-corrected chi connectivity index (χ2v) is 15.2. The Hall–Kier alpha value is -4.47. The Morgan fingerprint density at radius 3 is 2.15 bits per heavy atom. The Bertz CT molecular complexity index is 2360. The second kappa shape index (κ2) is 15.2. The molecule has 3 aromatic heterocycles. The first-order chi connectivity index (χ1) is 24.5. The number of aryl methyl sites for hydroxylation is 3. The molecule has 268 valence electrons. The maximum Gasteiger partial charge on any atom is 2.00 e. The fourth-order valence-electron chi connectivity index (χ4n) is 7.41. The van der Waals surface area contributed by atoms with Crippen LogP contribution >= 0.6 is 0 Å². The quantitative estimate of drug-likeness (QED) is 0.129. The van der Waals surface area contributed by atoms with Gasteiger partial charge in [-0.05, 0) is 103 Å². The number of rotatable bonds is 10. The Morgan fingerprint density at radius 1 is 0.712 bits per heavy atom. The van der Waals surface area contributed by atoms with Crippen LogP contribution in [-0.4, -0.2) is 19.3 Å². The topological polar surface area (TPSA) is 44.9 Å². The molecule has 0 N–H and O–H groups in total. The van der Waals surface area contributed by atoms with Crippen molar-refractivity contribution in [2.24, 2.45) is 11.8 Å². The molecule has 0 saturated heterocycles.